The van der Waals surface area contributed by atoms with E-state index in [1.807, 2.05) is 6.92 Å². The summed E-state index contributed by atoms with van der Waals surface area (Å²) in [6, 6.07) is 0. The minimum Gasteiger partial charge on any atom is -0.394 e. The number of rotatable bonds is 6. The highest BCUT2D eigenvalue weighted by atomic mass is 16.3. The average molecular weight is 174 g/mol. The Balaban J connectivity index is 3.37. The van der Waals surface area contributed by atoms with Crippen molar-refractivity contribution in [2.75, 3.05) is 6.61 Å². The van der Waals surface area contributed by atoms with Crippen molar-refractivity contribution in [3.8, 4) is 0 Å². The van der Waals surface area contributed by atoms with Crippen LogP contribution in [0.4, 0.5) is 0 Å². The third kappa shape index (κ3) is 5.56. The molecule has 0 aromatic heterocycles. The Morgan fingerprint density at radius 2 is 1.67 bits per heavy atom. The van der Waals surface area contributed by atoms with Crippen molar-refractivity contribution < 1.29 is 10.2 Å². The molecule has 2 N–H and O–H groups in total. The Kier molecular flexibility index (Phi) is 6.39. The summed E-state index contributed by atoms with van der Waals surface area (Å²) in [4.78, 5) is 0. The Morgan fingerprint density at radius 3 is 2.08 bits per heavy atom. The molecule has 0 aliphatic rings. The summed E-state index contributed by atoms with van der Waals surface area (Å²) in [5, 5.41) is 17.9. The molecule has 0 aromatic rings. The first kappa shape index (κ1) is 11.9. The summed E-state index contributed by atoms with van der Waals surface area (Å²) in [6.45, 7) is 6.28. The molecular weight excluding hydrogens is 152 g/mol. The van der Waals surface area contributed by atoms with Gasteiger partial charge in [0.1, 0.15) is 0 Å². The van der Waals surface area contributed by atoms with Gasteiger partial charge in [-0.25, -0.2) is 0 Å². The van der Waals surface area contributed by atoms with Crippen LogP contribution in [0.15, 0.2) is 0 Å². The molecule has 0 rings (SSSR count). The van der Waals surface area contributed by atoms with Crippen molar-refractivity contribution in [2.24, 2.45) is 11.8 Å². The van der Waals surface area contributed by atoms with E-state index >= 15 is 0 Å². The van der Waals surface area contributed by atoms with Crippen molar-refractivity contribution in [1.82, 2.24) is 0 Å². The van der Waals surface area contributed by atoms with Crippen molar-refractivity contribution in [1.29, 1.82) is 0 Å². The zero-order valence-corrected chi connectivity index (χ0v) is 8.45. The fourth-order valence-electron chi connectivity index (χ4n) is 1.22. The maximum absolute atomic E-state index is 9.24. The maximum Gasteiger partial charge on any atom is 0.0796 e. The summed E-state index contributed by atoms with van der Waals surface area (Å²) in [5.41, 5.74) is 0. The highest BCUT2D eigenvalue weighted by molar-refractivity contribution is 4.63. The van der Waals surface area contributed by atoms with Gasteiger partial charge < -0.3 is 10.2 Å². The molecule has 0 fully saturated rings. The van der Waals surface area contributed by atoms with Crippen LogP contribution in [0.5, 0.6) is 0 Å². The van der Waals surface area contributed by atoms with Crippen LogP contribution in [0.25, 0.3) is 0 Å². The predicted octanol–water partition coefficient (Wildman–Crippen LogP) is 1.80. The molecule has 0 aromatic carbocycles. The van der Waals surface area contributed by atoms with Crippen LogP contribution in [0, 0.1) is 11.8 Å². The second kappa shape index (κ2) is 6.44. The Bertz CT molecular complexity index is 102. The lowest BCUT2D eigenvalue weighted by Gasteiger charge is -2.16. The molecule has 0 spiro atoms. The minimum absolute atomic E-state index is 0.108. The van der Waals surface area contributed by atoms with Crippen LogP contribution >= 0.6 is 0 Å². The Morgan fingerprint density at radius 1 is 1.08 bits per heavy atom. The Hall–Kier alpha value is -0.0800. The Labute approximate surface area is 75.6 Å². The van der Waals surface area contributed by atoms with Crippen molar-refractivity contribution >= 4 is 0 Å². The van der Waals surface area contributed by atoms with Gasteiger partial charge in [-0.1, -0.05) is 33.6 Å². The molecule has 2 atom stereocenters. The molecule has 0 saturated carbocycles. The van der Waals surface area contributed by atoms with E-state index in [9.17, 15) is 5.11 Å². The van der Waals surface area contributed by atoms with Gasteiger partial charge in [-0.05, 0) is 18.3 Å². The fourth-order valence-corrected chi connectivity index (χ4v) is 1.22. The van der Waals surface area contributed by atoms with Crippen LogP contribution in [0.1, 0.15) is 40.0 Å². The molecule has 74 valence electrons. The third-order valence-electron chi connectivity index (χ3n) is 2.28. The first-order chi connectivity index (χ1) is 5.57. The monoisotopic (exact) mass is 174 g/mol. The normalized spacial score (nSPS) is 16.5. The van der Waals surface area contributed by atoms with E-state index in [0.29, 0.717) is 0 Å². The lowest BCUT2D eigenvalue weighted by molar-refractivity contribution is 0.0492. The quantitative estimate of drug-likeness (QED) is 0.644. The molecule has 0 aliphatic carbocycles. The minimum atomic E-state index is -0.530. The second-order valence-corrected chi connectivity index (χ2v) is 4.05. The highest BCUT2D eigenvalue weighted by Crippen LogP contribution is 2.14. The molecule has 0 bridgehead atoms. The number of aliphatic hydroxyl groups is 2. The standard InChI is InChI=1S/C10H22O2/c1-8(2)5-4-6-9(3)10(12)7-11/h8-12H,4-7H2,1-3H3. The van der Waals surface area contributed by atoms with Crippen LogP contribution < -0.4 is 0 Å². The van der Waals surface area contributed by atoms with Gasteiger partial charge in [0.25, 0.3) is 0 Å². The molecular formula is C10H22O2. The second-order valence-electron chi connectivity index (χ2n) is 4.05. The van der Waals surface area contributed by atoms with Crippen LogP contribution in [0.2, 0.25) is 0 Å². The molecule has 0 saturated heterocycles. The van der Waals surface area contributed by atoms with Crippen molar-refractivity contribution in [3.05, 3.63) is 0 Å². The fraction of sp³-hybridized carbons (Fsp3) is 1.00. The average Bonchev–Trinajstić information content (AvgIpc) is 2.02. The van der Waals surface area contributed by atoms with Gasteiger partial charge in [0.2, 0.25) is 0 Å². The molecule has 2 heteroatoms. The summed E-state index contributed by atoms with van der Waals surface area (Å²) in [5.74, 6) is 0.970. The number of hydrogen-bond acceptors (Lipinski definition) is 2. The van der Waals surface area contributed by atoms with E-state index in [0.717, 1.165) is 18.8 Å². The van der Waals surface area contributed by atoms with Crippen molar-refractivity contribution in [3.63, 3.8) is 0 Å². The van der Waals surface area contributed by atoms with Gasteiger partial charge >= 0.3 is 0 Å². The molecule has 0 aliphatic heterocycles. The molecule has 12 heavy (non-hydrogen) atoms. The van der Waals surface area contributed by atoms with Gasteiger partial charge in [0.05, 0.1) is 12.7 Å². The van der Waals surface area contributed by atoms with Crippen LogP contribution in [0.3, 0.4) is 0 Å². The van der Waals surface area contributed by atoms with Gasteiger partial charge in [0, 0.05) is 0 Å². The zero-order valence-electron chi connectivity index (χ0n) is 8.45. The maximum atomic E-state index is 9.24. The topological polar surface area (TPSA) is 40.5 Å². The summed E-state index contributed by atoms with van der Waals surface area (Å²) < 4.78 is 0. The predicted molar refractivity (Wildman–Crippen MR) is 50.9 cm³/mol. The van der Waals surface area contributed by atoms with E-state index in [1.54, 1.807) is 0 Å². The molecule has 0 heterocycles. The largest absolute Gasteiger partial charge is 0.394 e. The van der Waals surface area contributed by atoms with Gasteiger partial charge in [-0.3, -0.25) is 0 Å². The molecule has 0 radical (unpaired) electrons. The van der Waals surface area contributed by atoms with Gasteiger partial charge in [-0.15, -0.1) is 0 Å². The number of aliphatic hydroxyl groups excluding tert-OH is 2. The smallest absolute Gasteiger partial charge is 0.0796 e. The number of hydrogen-bond donors (Lipinski definition) is 2. The summed E-state index contributed by atoms with van der Waals surface area (Å²) in [6.07, 6.45) is 2.84. The van der Waals surface area contributed by atoms with Crippen LogP contribution in [-0.4, -0.2) is 22.9 Å². The lowest BCUT2D eigenvalue weighted by Crippen LogP contribution is -2.21. The highest BCUT2D eigenvalue weighted by Gasteiger charge is 2.12. The first-order valence-corrected chi connectivity index (χ1v) is 4.86. The molecule has 2 unspecified atom stereocenters. The van der Waals surface area contributed by atoms with Gasteiger partial charge in [0.15, 0.2) is 0 Å². The van der Waals surface area contributed by atoms with E-state index in [-0.39, 0.29) is 12.5 Å². The van der Waals surface area contributed by atoms with E-state index in [2.05, 4.69) is 13.8 Å². The van der Waals surface area contributed by atoms with E-state index in [4.69, 9.17) is 5.11 Å². The van der Waals surface area contributed by atoms with Crippen molar-refractivity contribution in [2.45, 2.75) is 46.1 Å². The lowest BCUT2D eigenvalue weighted by atomic mass is 9.96. The molecule has 0 amide bonds. The van der Waals surface area contributed by atoms with E-state index < -0.39 is 6.10 Å². The molecule has 2 nitrogen and oxygen atoms in total. The first-order valence-electron chi connectivity index (χ1n) is 4.86. The van der Waals surface area contributed by atoms with Gasteiger partial charge in [-0.2, -0.15) is 0 Å². The zero-order chi connectivity index (χ0) is 9.56. The third-order valence-corrected chi connectivity index (χ3v) is 2.28. The van der Waals surface area contributed by atoms with E-state index in [1.165, 1.54) is 6.42 Å². The SMILES string of the molecule is CC(C)CCCC(C)C(O)CO. The summed E-state index contributed by atoms with van der Waals surface area (Å²) >= 11 is 0. The van der Waals surface area contributed by atoms with Crippen LogP contribution in [-0.2, 0) is 0 Å². The summed E-state index contributed by atoms with van der Waals surface area (Å²) in [7, 11) is 0.